The van der Waals surface area contributed by atoms with Crippen molar-refractivity contribution >= 4 is 60.7 Å². The van der Waals surface area contributed by atoms with Gasteiger partial charge in [0.05, 0.1) is 27.8 Å². The Bertz CT molecular complexity index is 2540. The Morgan fingerprint density at radius 3 is 1.65 bits per heavy atom. The maximum Gasteiger partial charge on any atom is 0.125 e. The second-order valence-corrected chi connectivity index (χ2v) is 11.6. The minimum Gasteiger partial charge on any atom is -0.309 e. The van der Waals surface area contributed by atoms with Crippen molar-refractivity contribution < 1.29 is 4.39 Å². The smallest absolute Gasteiger partial charge is 0.125 e. The molecule has 0 aliphatic rings. The van der Waals surface area contributed by atoms with Gasteiger partial charge in [0.1, 0.15) is 5.82 Å². The minimum absolute atomic E-state index is 0.278. The van der Waals surface area contributed by atoms with Gasteiger partial charge < -0.3 is 14.0 Å². The molecular formula is C42H28FN3. The third kappa shape index (κ3) is 4.04. The SMILES string of the molecule is Fc1cccc(N(c2ccc3c(c2)c2ccccc2n3-c2ccccc2)c2cccc3c4ccccc4n(-c4ccccc4)c23)c1. The highest BCUT2D eigenvalue weighted by atomic mass is 19.1. The van der Waals surface area contributed by atoms with Crippen LogP contribution >= 0.6 is 0 Å². The molecule has 0 unspecified atom stereocenters. The first-order valence-electron chi connectivity index (χ1n) is 15.5. The Balaban J connectivity index is 1.37. The molecule has 0 atom stereocenters. The van der Waals surface area contributed by atoms with Crippen molar-refractivity contribution in [2.45, 2.75) is 0 Å². The normalized spacial score (nSPS) is 11.6. The van der Waals surface area contributed by atoms with E-state index in [4.69, 9.17) is 0 Å². The van der Waals surface area contributed by atoms with Crippen LogP contribution in [0.4, 0.5) is 21.5 Å². The summed E-state index contributed by atoms with van der Waals surface area (Å²) in [7, 11) is 0. The van der Waals surface area contributed by atoms with Crippen LogP contribution in [-0.4, -0.2) is 9.13 Å². The lowest BCUT2D eigenvalue weighted by atomic mass is 10.1. The summed E-state index contributed by atoms with van der Waals surface area (Å²) in [5.41, 5.74) is 9.30. The lowest BCUT2D eigenvalue weighted by molar-refractivity contribution is 0.628. The van der Waals surface area contributed by atoms with Crippen LogP contribution in [0.2, 0.25) is 0 Å². The van der Waals surface area contributed by atoms with Crippen LogP contribution < -0.4 is 4.90 Å². The molecule has 0 N–H and O–H groups in total. The van der Waals surface area contributed by atoms with E-state index in [1.165, 1.54) is 16.8 Å². The highest BCUT2D eigenvalue weighted by molar-refractivity contribution is 6.15. The maximum atomic E-state index is 15.0. The number of benzene rings is 7. The zero-order chi connectivity index (χ0) is 30.6. The van der Waals surface area contributed by atoms with Gasteiger partial charge >= 0.3 is 0 Å². The molecule has 0 bridgehead atoms. The minimum atomic E-state index is -0.278. The number of nitrogens with zero attached hydrogens (tertiary/aromatic N) is 3. The van der Waals surface area contributed by atoms with Crippen LogP contribution in [0, 0.1) is 5.82 Å². The summed E-state index contributed by atoms with van der Waals surface area (Å²) in [5.74, 6) is -0.278. The summed E-state index contributed by atoms with van der Waals surface area (Å²) >= 11 is 0. The zero-order valence-corrected chi connectivity index (χ0v) is 24.9. The van der Waals surface area contributed by atoms with Crippen molar-refractivity contribution in [2.75, 3.05) is 4.90 Å². The maximum absolute atomic E-state index is 15.0. The van der Waals surface area contributed by atoms with E-state index in [2.05, 4.69) is 147 Å². The van der Waals surface area contributed by atoms with Crippen molar-refractivity contribution in [2.24, 2.45) is 0 Å². The van der Waals surface area contributed by atoms with Crippen LogP contribution in [0.5, 0.6) is 0 Å². The van der Waals surface area contributed by atoms with Gasteiger partial charge in [-0.15, -0.1) is 0 Å². The van der Waals surface area contributed by atoms with E-state index in [0.29, 0.717) is 0 Å². The van der Waals surface area contributed by atoms with Gasteiger partial charge in [-0.05, 0) is 78.9 Å². The number of hydrogen-bond acceptors (Lipinski definition) is 1. The fourth-order valence-corrected chi connectivity index (χ4v) is 7.02. The lowest BCUT2D eigenvalue weighted by Crippen LogP contribution is -2.12. The summed E-state index contributed by atoms with van der Waals surface area (Å²) in [6.45, 7) is 0. The van der Waals surface area contributed by atoms with Gasteiger partial charge in [0.15, 0.2) is 0 Å². The van der Waals surface area contributed by atoms with Crippen LogP contribution in [-0.2, 0) is 0 Å². The van der Waals surface area contributed by atoms with Gasteiger partial charge in [0.2, 0.25) is 0 Å². The van der Waals surface area contributed by atoms with E-state index in [9.17, 15) is 0 Å². The Morgan fingerprint density at radius 1 is 0.391 bits per heavy atom. The van der Waals surface area contributed by atoms with E-state index >= 15 is 4.39 Å². The number of aromatic nitrogens is 2. The molecule has 218 valence electrons. The van der Waals surface area contributed by atoms with E-state index in [-0.39, 0.29) is 5.82 Å². The Labute approximate surface area is 265 Å². The third-order valence-electron chi connectivity index (χ3n) is 8.92. The standard InChI is InChI=1S/C42H28FN3/c43-29-13-11-18-32(27-29)44(33-25-26-40-37(28-33)35-20-8-9-22-38(35)45(40)30-14-3-1-4-15-30)41-24-12-21-36-34-19-7-10-23-39(34)46(42(36)41)31-16-5-2-6-17-31/h1-28H. The molecule has 7 aromatic carbocycles. The van der Waals surface area contributed by atoms with Crippen molar-refractivity contribution in [1.29, 1.82) is 0 Å². The van der Waals surface area contributed by atoms with Crippen LogP contribution in [0.3, 0.4) is 0 Å². The van der Waals surface area contributed by atoms with Crippen molar-refractivity contribution in [3.63, 3.8) is 0 Å². The monoisotopic (exact) mass is 593 g/mol. The van der Waals surface area contributed by atoms with E-state index in [1.54, 1.807) is 12.1 Å². The molecule has 0 saturated carbocycles. The van der Waals surface area contributed by atoms with Gasteiger partial charge in [-0.3, -0.25) is 0 Å². The molecule has 4 heteroatoms. The third-order valence-corrected chi connectivity index (χ3v) is 8.92. The molecular weight excluding hydrogens is 565 g/mol. The molecule has 46 heavy (non-hydrogen) atoms. The van der Waals surface area contributed by atoms with Crippen LogP contribution in [0.15, 0.2) is 170 Å². The van der Waals surface area contributed by atoms with Crippen molar-refractivity contribution in [3.8, 4) is 11.4 Å². The second kappa shape index (κ2) is 10.5. The largest absolute Gasteiger partial charge is 0.309 e. The molecule has 2 heterocycles. The highest BCUT2D eigenvalue weighted by Crippen LogP contribution is 2.45. The second-order valence-electron chi connectivity index (χ2n) is 11.6. The topological polar surface area (TPSA) is 13.1 Å². The Kier molecular flexibility index (Phi) is 6.00. The highest BCUT2D eigenvalue weighted by Gasteiger charge is 2.23. The first-order chi connectivity index (χ1) is 22.8. The summed E-state index contributed by atoms with van der Waals surface area (Å²) in [4.78, 5) is 2.19. The van der Waals surface area contributed by atoms with Crippen LogP contribution in [0.25, 0.3) is 55.0 Å². The lowest BCUT2D eigenvalue weighted by Gasteiger charge is -2.27. The molecule has 9 aromatic rings. The number of rotatable bonds is 5. The average Bonchev–Trinajstić information content (AvgIpc) is 3.63. The van der Waals surface area contributed by atoms with E-state index < -0.39 is 0 Å². The fourth-order valence-electron chi connectivity index (χ4n) is 7.02. The molecule has 0 aliphatic heterocycles. The molecule has 0 radical (unpaired) electrons. The van der Waals surface area contributed by atoms with Crippen molar-refractivity contribution in [3.05, 3.63) is 176 Å². The number of halogens is 1. The van der Waals surface area contributed by atoms with Gasteiger partial charge in [-0.1, -0.05) is 91.0 Å². The molecule has 0 aliphatic carbocycles. The quantitative estimate of drug-likeness (QED) is 0.193. The first kappa shape index (κ1) is 26.3. The Morgan fingerprint density at radius 2 is 0.935 bits per heavy atom. The molecule has 3 nitrogen and oxygen atoms in total. The van der Waals surface area contributed by atoms with Gasteiger partial charge in [0.25, 0.3) is 0 Å². The summed E-state index contributed by atoms with van der Waals surface area (Å²) < 4.78 is 19.6. The molecule has 2 aromatic heterocycles. The average molecular weight is 594 g/mol. The van der Waals surface area contributed by atoms with Gasteiger partial charge in [-0.25, -0.2) is 4.39 Å². The fraction of sp³-hybridized carbons (Fsp3) is 0. The van der Waals surface area contributed by atoms with Crippen molar-refractivity contribution in [1.82, 2.24) is 9.13 Å². The predicted molar refractivity (Wildman–Crippen MR) is 190 cm³/mol. The van der Waals surface area contributed by atoms with Gasteiger partial charge in [-0.2, -0.15) is 0 Å². The van der Waals surface area contributed by atoms with E-state index in [0.717, 1.165) is 61.3 Å². The van der Waals surface area contributed by atoms with Gasteiger partial charge in [0, 0.05) is 44.3 Å². The summed E-state index contributed by atoms with van der Waals surface area (Å²) in [6, 6.07) is 57.9. The number of fused-ring (bicyclic) bond motifs is 6. The molecule has 0 amide bonds. The summed E-state index contributed by atoms with van der Waals surface area (Å²) in [6.07, 6.45) is 0. The van der Waals surface area contributed by atoms with E-state index in [1.807, 2.05) is 18.2 Å². The molecule has 0 saturated heterocycles. The predicted octanol–water partition coefficient (Wildman–Crippen LogP) is 11.5. The first-order valence-corrected chi connectivity index (χ1v) is 15.5. The summed E-state index contributed by atoms with van der Waals surface area (Å²) in [5, 5.41) is 4.61. The number of hydrogen-bond donors (Lipinski definition) is 0. The number of para-hydroxylation sites is 5. The molecule has 9 rings (SSSR count). The molecule has 0 fully saturated rings. The zero-order valence-electron chi connectivity index (χ0n) is 24.9. The molecule has 0 spiro atoms. The Hall–Kier alpha value is -6.13. The van der Waals surface area contributed by atoms with Crippen LogP contribution in [0.1, 0.15) is 0 Å². The number of anilines is 3.